The van der Waals surface area contributed by atoms with Gasteiger partial charge < -0.3 is 10.0 Å². The van der Waals surface area contributed by atoms with Gasteiger partial charge in [-0.3, -0.25) is 14.8 Å². The average Bonchev–Trinajstić information content (AvgIpc) is 2.62. The van der Waals surface area contributed by atoms with Crippen LogP contribution in [0.3, 0.4) is 0 Å². The summed E-state index contributed by atoms with van der Waals surface area (Å²) in [4.78, 5) is 25.4. The molecule has 0 aromatic heterocycles. The fourth-order valence-corrected chi connectivity index (χ4v) is 2.34. The Labute approximate surface area is 140 Å². The number of carbonyl (C=O) groups excluding carboxylic acids is 2. The molecule has 0 saturated carbocycles. The number of carbonyl (C=O) groups is 2. The molecule has 0 bridgehead atoms. The minimum Gasteiger partial charge on any atom is -0.395 e. The number of amides is 2. The topological polar surface area (TPSA) is 89.9 Å². The van der Waals surface area contributed by atoms with Gasteiger partial charge in [0.05, 0.1) is 13.0 Å². The lowest BCUT2D eigenvalue weighted by Gasteiger charge is -2.22. The van der Waals surface area contributed by atoms with E-state index < -0.39 is 5.91 Å². The van der Waals surface area contributed by atoms with E-state index in [1.165, 1.54) is 0 Å². The Morgan fingerprint density at radius 3 is 2.21 bits per heavy atom. The van der Waals surface area contributed by atoms with Gasteiger partial charge in [0.1, 0.15) is 0 Å². The standard InChI is InChI=1S/C18H20N2O4/c21-11-10-20(13-15-4-2-1-3-5-15)17(22)12-14-6-8-16(9-7-14)18(23)19-24/h1-9,21,24H,10-13H2,(H,19,23). The van der Waals surface area contributed by atoms with E-state index in [1.807, 2.05) is 30.3 Å². The number of nitrogens with one attached hydrogen (secondary N) is 1. The average molecular weight is 328 g/mol. The molecule has 0 aliphatic rings. The highest BCUT2D eigenvalue weighted by Gasteiger charge is 2.14. The van der Waals surface area contributed by atoms with E-state index in [-0.39, 0.29) is 25.5 Å². The molecule has 0 saturated heterocycles. The van der Waals surface area contributed by atoms with Crippen LogP contribution in [0.25, 0.3) is 0 Å². The van der Waals surface area contributed by atoms with Crippen molar-refractivity contribution in [2.24, 2.45) is 0 Å². The maximum atomic E-state index is 12.5. The first-order valence-electron chi connectivity index (χ1n) is 7.60. The molecule has 2 aromatic rings. The summed E-state index contributed by atoms with van der Waals surface area (Å²) in [5.41, 5.74) is 3.62. The van der Waals surface area contributed by atoms with Crippen LogP contribution in [0.15, 0.2) is 54.6 Å². The largest absolute Gasteiger partial charge is 0.395 e. The number of rotatable bonds is 7. The van der Waals surface area contributed by atoms with Crippen LogP contribution in [0.2, 0.25) is 0 Å². The number of aliphatic hydroxyl groups is 1. The second-order valence-electron chi connectivity index (χ2n) is 5.34. The molecule has 3 N–H and O–H groups in total. The lowest BCUT2D eigenvalue weighted by molar-refractivity contribution is -0.131. The Hall–Kier alpha value is -2.70. The fraction of sp³-hybridized carbons (Fsp3) is 0.222. The van der Waals surface area contributed by atoms with Gasteiger partial charge >= 0.3 is 0 Å². The second-order valence-corrected chi connectivity index (χ2v) is 5.34. The number of hydrogen-bond acceptors (Lipinski definition) is 4. The summed E-state index contributed by atoms with van der Waals surface area (Å²) in [6.07, 6.45) is 0.174. The van der Waals surface area contributed by atoms with Crippen molar-refractivity contribution in [2.75, 3.05) is 13.2 Å². The number of hydrogen-bond donors (Lipinski definition) is 3. The Balaban J connectivity index is 2.03. The van der Waals surface area contributed by atoms with Crippen LogP contribution in [0, 0.1) is 0 Å². The zero-order valence-electron chi connectivity index (χ0n) is 13.2. The first kappa shape index (κ1) is 17.7. The lowest BCUT2D eigenvalue weighted by atomic mass is 10.1. The number of benzene rings is 2. The third-order valence-corrected chi connectivity index (χ3v) is 3.61. The van der Waals surface area contributed by atoms with Crippen LogP contribution in [0.4, 0.5) is 0 Å². The van der Waals surface area contributed by atoms with Crippen molar-refractivity contribution in [3.05, 3.63) is 71.3 Å². The number of aliphatic hydroxyl groups excluding tert-OH is 1. The fourth-order valence-electron chi connectivity index (χ4n) is 2.34. The van der Waals surface area contributed by atoms with Gasteiger partial charge in [-0.15, -0.1) is 0 Å². The summed E-state index contributed by atoms with van der Waals surface area (Å²) in [5.74, 6) is -0.703. The van der Waals surface area contributed by atoms with Crippen LogP contribution >= 0.6 is 0 Å². The molecular weight excluding hydrogens is 308 g/mol. The van der Waals surface area contributed by atoms with Crippen LogP contribution < -0.4 is 5.48 Å². The summed E-state index contributed by atoms with van der Waals surface area (Å²) in [6.45, 7) is 0.595. The zero-order chi connectivity index (χ0) is 17.4. The highest BCUT2D eigenvalue weighted by atomic mass is 16.5. The SMILES string of the molecule is O=C(NO)c1ccc(CC(=O)N(CCO)Cc2ccccc2)cc1. The van der Waals surface area contributed by atoms with Crippen LogP contribution in [-0.4, -0.2) is 40.2 Å². The summed E-state index contributed by atoms with van der Waals surface area (Å²) < 4.78 is 0. The Kier molecular flexibility index (Phi) is 6.48. The van der Waals surface area contributed by atoms with Crippen molar-refractivity contribution in [1.82, 2.24) is 10.4 Å². The Morgan fingerprint density at radius 1 is 0.958 bits per heavy atom. The quantitative estimate of drug-likeness (QED) is 0.529. The number of nitrogens with zero attached hydrogens (tertiary/aromatic N) is 1. The van der Waals surface area contributed by atoms with Crippen LogP contribution in [-0.2, 0) is 17.8 Å². The molecule has 2 aromatic carbocycles. The molecule has 0 spiro atoms. The molecule has 0 radical (unpaired) electrons. The first-order chi connectivity index (χ1) is 11.6. The van der Waals surface area contributed by atoms with E-state index in [0.717, 1.165) is 11.1 Å². The van der Waals surface area contributed by atoms with Crippen LogP contribution in [0.1, 0.15) is 21.5 Å². The van der Waals surface area contributed by atoms with Crippen molar-refractivity contribution < 1.29 is 19.9 Å². The van der Waals surface area contributed by atoms with E-state index in [9.17, 15) is 14.7 Å². The van der Waals surface area contributed by atoms with Crippen molar-refractivity contribution >= 4 is 11.8 Å². The van der Waals surface area contributed by atoms with Crippen LogP contribution in [0.5, 0.6) is 0 Å². The summed E-state index contributed by atoms with van der Waals surface area (Å²) in [7, 11) is 0. The number of hydroxylamine groups is 1. The Morgan fingerprint density at radius 2 is 1.62 bits per heavy atom. The molecule has 0 heterocycles. The van der Waals surface area contributed by atoms with Gasteiger partial charge in [0.25, 0.3) is 5.91 Å². The maximum Gasteiger partial charge on any atom is 0.274 e. The molecular formula is C18H20N2O4. The summed E-state index contributed by atoms with van der Waals surface area (Å²) in [5, 5.41) is 17.8. The third-order valence-electron chi connectivity index (χ3n) is 3.61. The normalized spacial score (nSPS) is 10.2. The molecule has 0 aliphatic carbocycles. The van der Waals surface area contributed by atoms with Crippen molar-refractivity contribution in [2.45, 2.75) is 13.0 Å². The van der Waals surface area contributed by atoms with Crippen molar-refractivity contribution in [3.8, 4) is 0 Å². The molecule has 0 fully saturated rings. The molecule has 24 heavy (non-hydrogen) atoms. The van der Waals surface area contributed by atoms with E-state index in [0.29, 0.717) is 12.1 Å². The molecule has 0 aliphatic heterocycles. The minimum atomic E-state index is -0.598. The molecule has 0 atom stereocenters. The molecule has 126 valence electrons. The van der Waals surface area contributed by atoms with Gasteiger partial charge in [0.15, 0.2) is 0 Å². The van der Waals surface area contributed by atoms with Gasteiger partial charge in [0, 0.05) is 18.7 Å². The Bertz CT molecular complexity index is 671. The van der Waals surface area contributed by atoms with Gasteiger partial charge in [-0.1, -0.05) is 42.5 Å². The van der Waals surface area contributed by atoms with Crippen molar-refractivity contribution in [1.29, 1.82) is 0 Å². The van der Waals surface area contributed by atoms with E-state index in [1.54, 1.807) is 34.6 Å². The maximum absolute atomic E-state index is 12.5. The zero-order valence-corrected chi connectivity index (χ0v) is 13.2. The predicted octanol–water partition coefficient (Wildman–Crippen LogP) is 1.37. The smallest absolute Gasteiger partial charge is 0.274 e. The summed E-state index contributed by atoms with van der Waals surface area (Å²) in [6, 6.07) is 16.0. The van der Waals surface area contributed by atoms with Crippen molar-refractivity contribution in [3.63, 3.8) is 0 Å². The molecule has 6 heteroatoms. The highest BCUT2D eigenvalue weighted by molar-refractivity contribution is 5.93. The molecule has 2 rings (SSSR count). The monoisotopic (exact) mass is 328 g/mol. The van der Waals surface area contributed by atoms with E-state index >= 15 is 0 Å². The van der Waals surface area contributed by atoms with Gasteiger partial charge in [-0.05, 0) is 23.3 Å². The molecule has 6 nitrogen and oxygen atoms in total. The first-order valence-corrected chi connectivity index (χ1v) is 7.60. The van der Waals surface area contributed by atoms with Gasteiger partial charge in [-0.2, -0.15) is 0 Å². The summed E-state index contributed by atoms with van der Waals surface area (Å²) >= 11 is 0. The molecule has 0 unspecified atom stereocenters. The predicted molar refractivity (Wildman–Crippen MR) is 88.3 cm³/mol. The molecule has 2 amide bonds. The third kappa shape index (κ3) is 4.91. The highest BCUT2D eigenvalue weighted by Crippen LogP contribution is 2.10. The van der Waals surface area contributed by atoms with Gasteiger partial charge in [0.2, 0.25) is 5.91 Å². The van der Waals surface area contributed by atoms with E-state index in [2.05, 4.69) is 0 Å². The van der Waals surface area contributed by atoms with Gasteiger partial charge in [-0.25, -0.2) is 5.48 Å². The van der Waals surface area contributed by atoms with E-state index in [4.69, 9.17) is 5.21 Å². The minimum absolute atomic E-state index is 0.103. The second kappa shape index (κ2) is 8.81. The lowest BCUT2D eigenvalue weighted by Crippen LogP contribution is -2.34.